The topological polar surface area (TPSA) is 29.1 Å². The second-order valence-corrected chi connectivity index (χ2v) is 1.94. The second kappa shape index (κ2) is 4.71. The van der Waals surface area contributed by atoms with Crippen molar-refractivity contribution in [3.8, 4) is 0 Å². The van der Waals surface area contributed by atoms with Gasteiger partial charge in [0.05, 0.1) is 0 Å². The average molecular weight is 131 g/mol. The number of carbonyl (C=O) groups is 1. The van der Waals surface area contributed by atoms with E-state index in [2.05, 4.69) is 11.9 Å². The maximum atomic E-state index is 10.4. The number of hydrogen-bond acceptors (Lipinski definition) is 2. The van der Waals surface area contributed by atoms with Crippen molar-refractivity contribution >= 4 is 17.0 Å². The fraction of sp³-hybridized carbons (Fsp3) is 0.400. The van der Waals surface area contributed by atoms with Gasteiger partial charge in [0, 0.05) is 6.54 Å². The van der Waals surface area contributed by atoms with E-state index in [1.165, 1.54) is 11.8 Å². The van der Waals surface area contributed by atoms with Crippen molar-refractivity contribution in [2.45, 2.75) is 0 Å². The van der Waals surface area contributed by atoms with Gasteiger partial charge in [0.1, 0.15) is 0 Å². The summed E-state index contributed by atoms with van der Waals surface area (Å²) in [6.07, 6.45) is 3.38. The van der Waals surface area contributed by atoms with Gasteiger partial charge in [-0.15, -0.1) is 6.58 Å². The molecule has 1 N–H and O–H groups in total. The van der Waals surface area contributed by atoms with E-state index in [1.54, 1.807) is 12.3 Å². The minimum Gasteiger partial charge on any atom is -0.344 e. The molecule has 0 saturated carbocycles. The van der Waals surface area contributed by atoms with Gasteiger partial charge >= 0.3 is 0 Å². The highest BCUT2D eigenvalue weighted by molar-refractivity contribution is 8.12. The molecule has 0 bridgehead atoms. The standard InChI is InChI=1S/C5H9NOS/c1-3-4-6-5(7)8-2/h3H,1,4H2,2H3,(H,6,7). The molecule has 0 fully saturated rings. The molecule has 0 radical (unpaired) electrons. The van der Waals surface area contributed by atoms with Gasteiger partial charge in [0.2, 0.25) is 0 Å². The Labute approximate surface area is 53.3 Å². The maximum Gasteiger partial charge on any atom is 0.279 e. The molecule has 1 amide bonds. The van der Waals surface area contributed by atoms with Crippen LogP contribution in [0.25, 0.3) is 0 Å². The van der Waals surface area contributed by atoms with Crippen molar-refractivity contribution in [2.24, 2.45) is 0 Å². The Balaban J connectivity index is 3.11. The predicted molar refractivity (Wildman–Crippen MR) is 37.1 cm³/mol. The van der Waals surface area contributed by atoms with Gasteiger partial charge in [-0.3, -0.25) is 4.79 Å². The number of carbonyl (C=O) groups excluding carboxylic acids is 1. The van der Waals surface area contributed by atoms with Gasteiger partial charge in [-0.1, -0.05) is 17.8 Å². The molecule has 0 aliphatic rings. The minimum atomic E-state index is -0.00935. The van der Waals surface area contributed by atoms with Crippen LogP contribution in [-0.2, 0) is 0 Å². The third-order valence-electron chi connectivity index (χ3n) is 0.576. The van der Waals surface area contributed by atoms with Crippen molar-refractivity contribution in [1.82, 2.24) is 5.32 Å². The molecule has 8 heavy (non-hydrogen) atoms. The molecule has 0 aromatic carbocycles. The summed E-state index contributed by atoms with van der Waals surface area (Å²) >= 11 is 1.17. The van der Waals surface area contributed by atoms with Crippen LogP contribution in [0, 0.1) is 0 Å². The maximum absolute atomic E-state index is 10.4. The minimum absolute atomic E-state index is 0.00935. The van der Waals surface area contributed by atoms with Crippen molar-refractivity contribution < 1.29 is 4.79 Å². The smallest absolute Gasteiger partial charge is 0.279 e. The van der Waals surface area contributed by atoms with E-state index in [-0.39, 0.29) is 5.24 Å². The summed E-state index contributed by atoms with van der Waals surface area (Å²) in [5.41, 5.74) is 0. The second-order valence-electron chi connectivity index (χ2n) is 1.16. The van der Waals surface area contributed by atoms with Gasteiger partial charge in [0.25, 0.3) is 5.24 Å². The first kappa shape index (κ1) is 7.56. The molecular weight excluding hydrogens is 122 g/mol. The third kappa shape index (κ3) is 3.74. The van der Waals surface area contributed by atoms with E-state index in [0.717, 1.165) is 0 Å². The first-order valence-electron chi connectivity index (χ1n) is 2.24. The predicted octanol–water partition coefficient (Wildman–Crippen LogP) is 1.25. The summed E-state index contributed by atoms with van der Waals surface area (Å²) < 4.78 is 0. The summed E-state index contributed by atoms with van der Waals surface area (Å²) in [5, 5.41) is 2.58. The molecule has 0 unspecified atom stereocenters. The highest BCUT2D eigenvalue weighted by Crippen LogP contribution is 1.90. The van der Waals surface area contributed by atoms with Gasteiger partial charge in [-0.05, 0) is 6.26 Å². The van der Waals surface area contributed by atoms with Crippen molar-refractivity contribution in [3.63, 3.8) is 0 Å². The van der Waals surface area contributed by atoms with E-state index in [4.69, 9.17) is 0 Å². The van der Waals surface area contributed by atoms with Crippen LogP contribution in [-0.4, -0.2) is 18.0 Å². The van der Waals surface area contributed by atoms with Crippen molar-refractivity contribution in [1.29, 1.82) is 0 Å². The Hall–Kier alpha value is -0.440. The molecule has 0 spiro atoms. The lowest BCUT2D eigenvalue weighted by atomic mass is 10.6. The van der Waals surface area contributed by atoms with Crippen LogP contribution in [0.4, 0.5) is 4.79 Å². The molecule has 0 aromatic rings. The molecule has 0 aromatic heterocycles. The molecule has 0 aliphatic heterocycles. The van der Waals surface area contributed by atoms with E-state index < -0.39 is 0 Å². The van der Waals surface area contributed by atoms with Crippen molar-refractivity contribution in [2.75, 3.05) is 12.8 Å². The van der Waals surface area contributed by atoms with Crippen LogP contribution in [0.1, 0.15) is 0 Å². The highest BCUT2D eigenvalue weighted by Gasteiger charge is 1.90. The Morgan fingerprint density at radius 2 is 2.62 bits per heavy atom. The Morgan fingerprint density at radius 3 is 3.00 bits per heavy atom. The Morgan fingerprint density at radius 1 is 2.00 bits per heavy atom. The summed E-state index contributed by atoms with van der Waals surface area (Å²) in [6, 6.07) is 0. The SMILES string of the molecule is C=CCNC(=O)SC. The molecule has 2 nitrogen and oxygen atoms in total. The molecule has 0 atom stereocenters. The molecular formula is C5H9NOS. The summed E-state index contributed by atoms with van der Waals surface area (Å²) in [4.78, 5) is 10.4. The van der Waals surface area contributed by atoms with Crippen LogP contribution in [0.3, 0.4) is 0 Å². The monoisotopic (exact) mass is 131 g/mol. The van der Waals surface area contributed by atoms with Crippen molar-refractivity contribution in [3.05, 3.63) is 12.7 Å². The largest absolute Gasteiger partial charge is 0.344 e. The fourth-order valence-electron chi connectivity index (χ4n) is 0.228. The highest BCUT2D eigenvalue weighted by atomic mass is 32.2. The fourth-order valence-corrected chi connectivity index (χ4v) is 0.455. The van der Waals surface area contributed by atoms with Gasteiger partial charge in [-0.2, -0.15) is 0 Å². The van der Waals surface area contributed by atoms with E-state index in [1.807, 2.05) is 0 Å². The number of nitrogens with one attached hydrogen (secondary N) is 1. The quantitative estimate of drug-likeness (QED) is 0.571. The summed E-state index contributed by atoms with van der Waals surface area (Å²) in [5.74, 6) is 0. The zero-order chi connectivity index (χ0) is 6.41. The summed E-state index contributed by atoms with van der Waals surface area (Å²) in [6.45, 7) is 4.00. The van der Waals surface area contributed by atoms with Crippen LogP contribution in [0.2, 0.25) is 0 Å². The molecule has 46 valence electrons. The van der Waals surface area contributed by atoms with Crippen LogP contribution >= 0.6 is 11.8 Å². The van der Waals surface area contributed by atoms with E-state index in [0.29, 0.717) is 6.54 Å². The Kier molecular flexibility index (Phi) is 4.45. The first-order valence-corrected chi connectivity index (χ1v) is 3.46. The zero-order valence-electron chi connectivity index (χ0n) is 4.81. The number of amides is 1. The molecule has 0 aliphatic carbocycles. The molecule has 3 heteroatoms. The van der Waals surface area contributed by atoms with Gasteiger partial charge in [-0.25, -0.2) is 0 Å². The zero-order valence-corrected chi connectivity index (χ0v) is 5.62. The third-order valence-corrected chi connectivity index (χ3v) is 1.09. The number of rotatable bonds is 2. The average Bonchev–Trinajstić information content (AvgIpc) is 1.83. The lowest BCUT2D eigenvalue weighted by molar-refractivity contribution is 0.261. The normalized spacial score (nSPS) is 8.12. The Bertz CT molecular complexity index is 92.4. The molecule has 0 heterocycles. The van der Waals surface area contributed by atoms with E-state index in [9.17, 15) is 4.79 Å². The molecule has 0 rings (SSSR count). The van der Waals surface area contributed by atoms with Crippen LogP contribution in [0.15, 0.2) is 12.7 Å². The van der Waals surface area contributed by atoms with Crippen LogP contribution < -0.4 is 5.32 Å². The van der Waals surface area contributed by atoms with E-state index >= 15 is 0 Å². The number of thioether (sulfide) groups is 1. The van der Waals surface area contributed by atoms with Crippen LogP contribution in [0.5, 0.6) is 0 Å². The lowest BCUT2D eigenvalue weighted by Crippen LogP contribution is -2.17. The lowest BCUT2D eigenvalue weighted by Gasteiger charge is -1.94. The first-order chi connectivity index (χ1) is 3.81. The van der Waals surface area contributed by atoms with Gasteiger partial charge < -0.3 is 5.32 Å². The van der Waals surface area contributed by atoms with Gasteiger partial charge in [0.15, 0.2) is 0 Å². The molecule has 0 saturated heterocycles. The summed E-state index contributed by atoms with van der Waals surface area (Å²) in [7, 11) is 0. The number of hydrogen-bond donors (Lipinski definition) is 1.